The van der Waals surface area contributed by atoms with Crippen LogP contribution in [-0.4, -0.2) is 39.3 Å². The van der Waals surface area contributed by atoms with Crippen molar-refractivity contribution >= 4 is 29.3 Å². The number of amides is 3. The van der Waals surface area contributed by atoms with E-state index in [0.29, 0.717) is 18.7 Å². The highest BCUT2D eigenvalue weighted by Crippen LogP contribution is 2.41. The Morgan fingerprint density at radius 1 is 1.23 bits per heavy atom. The van der Waals surface area contributed by atoms with Gasteiger partial charge >= 0.3 is 0 Å². The number of Topliss-reactive ketones (excluding diaryl/α,β-unsaturated/α-hetero) is 1. The second kappa shape index (κ2) is 11.1. The van der Waals surface area contributed by atoms with Crippen LogP contribution in [0.3, 0.4) is 0 Å². The number of hydrogen-bond donors (Lipinski definition) is 3. The number of primary amides is 1. The van der Waals surface area contributed by atoms with Gasteiger partial charge in [0.2, 0.25) is 17.6 Å². The predicted octanol–water partition coefficient (Wildman–Crippen LogP) is 2.06. The van der Waals surface area contributed by atoms with Crippen LogP contribution in [0.15, 0.2) is 12.3 Å². The summed E-state index contributed by atoms with van der Waals surface area (Å²) >= 11 is 0. The number of rotatable bonds is 8. The van der Waals surface area contributed by atoms with Crippen LogP contribution in [0.25, 0.3) is 0 Å². The molecule has 4 N–H and O–H groups in total. The Kier molecular flexibility index (Phi) is 8.76. The fourth-order valence-electron chi connectivity index (χ4n) is 3.96. The van der Waals surface area contributed by atoms with Gasteiger partial charge in [0.15, 0.2) is 5.82 Å². The van der Waals surface area contributed by atoms with E-state index in [1.807, 2.05) is 0 Å². The molecule has 3 rings (SSSR count). The van der Waals surface area contributed by atoms with Gasteiger partial charge < -0.3 is 16.4 Å². The number of hydrogen-bond acceptors (Lipinski definition) is 5. The maximum absolute atomic E-state index is 11.5. The van der Waals surface area contributed by atoms with E-state index in [2.05, 4.69) is 22.7 Å². The van der Waals surface area contributed by atoms with Crippen LogP contribution < -0.4 is 16.4 Å². The van der Waals surface area contributed by atoms with Gasteiger partial charge in [-0.15, -0.1) is 0 Å². The van der Waals surface area contributed by atoms with Crippen molar-refractivity contribution in [1.82, 2.24) is 15.1 Å². The fraction of sp³-hybridized carbons (Fsp3) is 0.682. The zero-order valence-electron chi connectivity index (χ0n) is 18.8. The molecule has 9 heteroatoms. The molecule has 0 aromatic carbocycles. The first-order valence-electron chi connectivity index (χ1n) is 11.1. The monoisotopic (exact) mass is 433 g/mol. The van der Waals surface area contributed by atoms with Crippen molar-refractivity contribution in [3.8, 4) is 0 Å². The van der Waals surface area contributed by atoms with Gasteiger partial charge in [0, 0.05) is 31.6 Å². The molecule has 1 aromatic rings. The molecule has 0 spiro atoms. The van der Waals surface area contributed by atoms with Crippen LogP contribution in [0, 0.1) is 11.3 Å². The Bertz CT molecular complexity index is 794. The summed E-state index contributed by atoms with van der Waals surface area (Å²) in [4.78, 5) is 45.5. The lowest BCUT2D eigenvalue weighted by Gasteiger charge is -2.28. The second-order valence-corrected chi connectivity index (χ2v) is 8.92. The van der Waals surface area contributed by atoms with Crippen molar-refractivity contribution in [2.24, 2.45) is 24.1 Å². The van der Waals surface area contributed by atoms with E-state index in [-0.39, 0.29) is 23.0 Å². The third kappa shape index (κ3) is 7.48. The summed E-state index contributed by atoms with van der Waals surface area (Å²) in [7, 11) is 1.75. The Morgan fingerprint density at radius 2 is 1.87 bits per heavy atom. The molecule has 3 amide bonds. The summed E-state index contributed by atoms with van der Waals surface area (Å²) in [5.74, 6) is -1.02. The largest absolute Gasteiger partial charge is 0.368 e. The van der Waals surface area contributed by atoms with Gasteiger partial charge in [-0.1, -0.05) is 33.1 Å². The first kappa shape index (κ1) is 24.6. The SMILES string of the molecule is CCC(=O)NC(CC1(C)CCCC1)C(N)=O.Cn1ccc(NC(=O)C(=O)C2CCC2)n1. The molecule has 2 saturated carbocycles. The van der Waals surface area contributed by atoms with Crippen molar-refractivity contribution in [2.75, 3.05) is 5.32 Å². The van der Waals surface area contributed by atoms with Crippen LogP contribution in [0.4, 0.5) is 5.82 Å². The van der Waals surface area contributed by atoms with E-state index in [4.69, 9.17) is 5.73 Å². The summed E-state index contributed by atoms with van der Waals surface area (Å²) in [6, 6.07) is 1.15. The smallest absolute Gasteiger partial charge is 0.293 e. The van der Waals surface area contributed by atoms with Gasteiger partial charge in [0.1, 0.15) is 6.04 Å². The molecular formula is C22H35N5O4. The Labute approximate surface area is 183 Å². The average molecular weight is 434 g/mol. The minimum Gasteiger partial charge on any atom is -0.368 e. The summed E-state index contributed by atoms with van der Waals surface area (Å²) in [6.45, 7) is 3.94. The fourth-order valence-corrected chi connectivity index (χ4v) is 3.96. The molecule has 1 atom stereocenters. The molecule has 2 fully saturated rings. The zero-order chi connectivity index (χ0) is 23.0. The van der Waals surface area contributed by atoms with Crippen LogP contribution >= 0.6 is 0 Å². The van der Waals surface area contributed by atoms with Crippen LogP contribution in [0.2, 0.25) is 0 Å². The summed E-state index contributed by atoms with van der Waals surface area (Å²) in [5.41, 5.74) is 5.49. The lowest BCUT2D eigenvalue weighted by Crippen LogP contribution is -2.46. The summed E-state index contributed by atoms with van der Waals surface area (Å²) in [6.07, 6.45) is 10.2. The highest BCUT2D eigenvalue weighted by molar-refractivity contribution is 6.41. The molecule has 1 unspecified atom stereocenters. The van der Waals surface area contributed by atoms with E-state index in [1.165, 1.54) is 12.8 Å². The number of nitrogens with two attached hydrogens (primary N) is 1. The Morgan fingerprint density at radius 3 is 2.32 bits per heavy atom. The topological polar surface area (TPSA) is 136 Å². The number of aromatic nitrogens is 2. The molecule has 31 heavy (non-hydrogen) atoms. The highest BCUT2D eigenvalue weighted by atomic mass is 16.2. The van der Waals surface area contributed by atoms with Crippen LogP contribution in [0.1, 0.15) is 71.6 Å². The number of carbonyl (C=O) groups excluding carboxylic acids is 4. The summed E-state index contributed by atoms with van der Waals surface area (Å²) in [5, 5.41) is 9.16. The van der Waals surface area contributed by atoms with E-state index >= 15 is 0 Å². The lowest BCUT2D eigenvalue weighted by molar-refractivity contribution is -0.138. The number of anilines is 1. The van der Waals surface area contributed by atoms with E-state index in [9.17, 15) is 19.2 Å². The highest BCUT2D eigenvalue weighted by Gasteiger charge is 2.34. The van der Waals surface area contributed by atoms with Gasteiger partial charge in [-0.05, 0) is 37.5 Å². The number of nitrogens with one attached hydrogen (secondary N) is 2. The molecule has 0 radical (unpaired) electrons. The Hall–Kier alpha value is -2.71. The summed E-state index contributed by atoms with van der Waals surface area (Å²) < 4.78 is 1.57. The number of ketones is 1. The van der Waals surface area contributed by atoms with E-state index < -0.39 is 17.9 Å². The van der Waals surface area contributed by atoms with Crippen LogP contribution in [0.5, 0.6) is 0 Å². The first-order chi connectivity index (χ1) is 14.6. The van der Waals surface area contributed by atoms with Crippen molar-refractivity contribution in [3.63, 3.8) is 0 Å². The van der Waals surface area contributed by atoms with Gasteiger partial charge in [0.05, 0.1) is 0 Å². The van der Waals surface area contributed by atoms with Crippen molar-refractivity contribution in [3.05, 3.63) is 12.3 Å². The maximum Gasteiger partial charge on any atom is 0.293 e. The third-order valence-corrected chi connectivity index (χ3v) is 6.16. The van der Waals surface area contributed by atoms with Crippen molar-refractivity contribution in [2.45, 2.75) is 77.7 Å². The number of carbonyl (C=O) groups is 4. The minimum atomic E-state index is -0.543. The molecule has 0 bridgehead atoms. The van der Waals surface area contributed by atoms with Crippen molar-refractivity contribution < 1.29 is 19.2 Å². The van der Waals surface area contributed by atoms with Gasteiger partial charge in [-0.25, -0.2) is 0 Å². The third-order valence-electron chi connectivity index (χ3n) is 6.16. The molecule has 1 heterocycles. The van der Waals surface area contributed by atoms with E-state index in [1.54, 1.807) is 30.9 Å². The predicted molar refractivity (Wildman–Crippen MR) is 117 cm³/mol. The van der Waals surface area contributed by atoms with Crippen LogP contribution in [-0.2, 0) is 26.2 Å². The molecule has 172 valence electrons. The first-order valence-corrected chi connectivity index (χ1v) is 11.1. The maximum atomic E-state index is 11.5. The standard InChI is InChI=1S/C12H22N2O2.C10H13N3O2/c1-3-10(15)14-9(11(13)16)8-12(2)6-4-5-7-12;1-13-6-5-8(12-13)11-10(15)9(14)7-3-2-4-7/h9H,3-8H2,1-2H3,(H2,13,16)(H,14,15);5-7H,2-4H2,1H3,(H,11,12,15). The molecule has 0 saturated heterocycles. The molecule has 0 aliphatic heterocycles. The minimum absolute atomic E-state index is 0.0614. The molecule has 2 aliphatic carbocycles. The quantitative estimate of drug-likeness (QED) is 0.539. The number of aryl methyl sites for hydroxylation is 1. The van der Waals surface area contributed by atoms with Gasteiger partial charge in [-0.3, -0.25) is 23.9 Å². The molecule has 1 aromatic heterocycles. The molecule has 2 aliphatic rings. The lowest BCUT2D eigenvalue weighted by atomic mass is 9.82. The molecule has 9 nitrogen and oxygen atoms in total. The Balaban J connectivity index is 0.000000220. The van der Waals surface area contributed by atoms with Crippen molar-refractivity contribution in [1.29, 1.82) is 0 Å². The zero-order valence-corrected chi connectivity index (χ0v) is 18.8. The van der Waals surface area contributed by atoms with E-state index in [0.717, 1.165) is 32.1 Å². The second-order valence-electron chi connectivity index (χ2n) is 8.92. The normalized spacial score (nSPS) is 18.2. The van der Waals surface area contributed by atoms with Gasteiger partial charge in [-0.2, -0.15) is 5.10 Å². The van der Waals surface area contributed by atoms with Gasteiger partial charge in [0.25, 0.3) is 5.91 Å². The molecular weight excluding hydrogens is 398 g/mol. The average Bonchev–Trinajstić information content (AvgIpc) is 3.28. The number of nitrogens with zero attached hydrogens (tertiary/aromatic N) is 2.